The maximum Gasteiger partial charge on any atom is 0.246 e. The van der Waals surface area contributed by atoms with Crippen LogP contribution in [0.3, 0.4) is 0 Å². The number of rotatable bonds is 65. The lowest BCUT2D eigenvalue weighted by Crippen LogP contribution is -2.49. The molecule has 116 heavy (non-hydrogen) atoms. The Labute approximate surface area is 681 Å². The van der Waals surface area contributed by atoms with Gasteiger partial charge >= 0.3 is 0 Å². The molecule has 650 valence electrons. The zero-order chi connectivity index (χ0) is 87.2. The van der Waals surface area contributed by atoms with Gasteiger partial charge in [-0.1, -0.05) is 31.2 Å². The van der Waals surface area contributed by atoms with Crippen molar-refractivity contribution in [3.8, 4) is 0 Å². The summed E-state index contributed by atoms with van der Waals surface area (Å²) < 4.78 is 5.46. The molecule has 0 aromatic heterocycles. The SMILES string of the molecule is CCCOCC(=O)N[C@@H](Cc1ccc(C(C)=O)cc1)C(=O)C[C@H](CCCN=C(N)N)C(=O)N[C@H](CCCN=C(N)N)C(=O)C[C@H](CCCN=C(N)N)C(=O)N[C@H](CCCN=C(N)N)C(=O)C[C@H](CCCN=C(N)N)C(=O)N[C@H](CCCN=C(N)N)C(=O)C[C@H](CCCN=C(N)N)C(=O)N[C@H](CCCN=C(N)N)C(=O)C[C@H](CS)C(N)=O. The molecule has 0 unspecified atom stereocenters. The van der Waals surface area contributed by atoms with Crippen LogP contribution < -0.4 is 124 Å². The number of guanidine groups is 8. The highest BCUT2D eigenvalue weighted by Crippen LogP contribution is 2.24. The lowest BCUT2D eigenvalue weighted by Gasteiger charge is -2.27. The topological polar surface area (TPSA) is 815 Å². The second kappa shape index (κ2) is 58.4. The zero-order valence-electron chi connectivity index (χ0n) is 66.8. The predicted octanol–water partition coefficient (Wildman–Crippen LogP) is -6.00. The number of carbonyl (C=O) groups is 12. The molecule has 1 aromatic rings. The number of Topliss-reactive ketones (excluding diaryl/α,β-unsaturated/α-hetero) is 6. The van der Waals surface area contributed by atoms with Gasteiger partial charge in [-0.05, 0) is 128 Å². The van der Waals surface area contributed by atoms with Gasteiger partial charge in [-0.15, -0.1) is 0 Å². The van der Waals surface area contributed by atoms with Crippen molar-refractivity contribution < 1.29 is 62.3 Å². The third-order valence-electron chi connectivity index (χ3n) is 18.1. The molecule has 10 atom stereocenters. The average Bonchev–Trinajstić information content (AvgIpc) is 0.862. The van der Waals surface area contributed by atoms with Gasteiger partial charge in [0.2, 0.25) is 35.4 Å². The van der Waals surface area contributed by atoms with Crippen LogP contribution in [0, 0.1) is 29.6 Å². The summed E-state index contributed by atoms with van der Waals surface area (Å²) in [7, 11) is 0. The molecule has 1 rings (SSSR count). The Morgan fingerprint density at radius 1 is 0.345 bits per heavy atom. The Kier molecular flexibility index (Phi) is 51.6. The van der Waals surface area contributed by atoms with E-state index in [2.05, 4.69) is 79.2 Å². The first kappa shape index (κ1) is 103. The minimum Gasteiger partial charge on any atom is -0.372 e. The molecule has 0 radical (unpaired) electrons. The summed E-state index contributed by atoms with van der Waals surface area (Å²) in [4.78, 5) is 203. The number of primary amides is 1. The van der Waals surface area contributed by atoms with Crippen LogP contribution in [0.2, 0.25) is 0 Å². The molecule has 0 bridgehead atoms. The van der Waals surface area contributed by atoms with E-state index in [4.69, 9.17) is 102 Å². The number of hydrogen-bond donors (Lipinski definition) is 23. The van der Waals surface area contributed by atoms with E-state index >= 15 is 19.2 Å². The predicted molar refractivity (Wildman–Crippen MR) is 449 cm³/mol. The number of nitrogens with two attached hydrogens (primary N) is 17. The minimum atomic E-state index is -1.44. The van der Waals surface area contributed by atoms with Gasteiger partial charge in [0.15, 0.2) is 82.4 Å². The normalized spacial score (nSPS) is 13.4. The summed E-state index contributed by atoms with van der Waals surface area (Å²) in [5, 5.41) is 13.9. The number of aliphatic imine (C=N–C) groups is 8. The lowest BCUT2D eigenvalue weighted by molar-refractivity contribution is -0.136. The zero-order valence-corrected chi connectivity index (χ0v) is 67.7. The summed E-state index contributed by atoms with van der Waals surface area (Å²) in [5.74, 6) is -16.3. The molecule has 0 heterocycles. The fraction of sp³-hybridized carbons (Fsp3) is 0.639. The van der Waals surface area contributed by atoms with Crippen molar-refractivity contribution in [3.63, 3.8) is 0 Å². The maximum atomic E-state index is 15.2. The molecule has 43 nitrogen and oxygen atoms in total. The Morgan fingerprint density at radius 3 is 0.810 bits per heavy atom. The highest BCUT2D eigenvalue weighted by atomic mass is 32.1. The molecule has 44 heteroatoms. The van der Waals surface area contributed by atoms with Crippen molar-refractivity contribution in [2.45, 2.75) is 192 Å². The first-order valence-corrected chi connectivity index (χ1v) is 39.2. The van der Waals surface area contributed by atoms with E-state index in [0.29, 0.717) is 17.5 Å². The van der Waals surface area contributed by atoms with E-state index in [9.17, 15) is 38.4 Å². The summed E-state index contributed by atoms with van der Waals surface area (Å²) in [6.45, 7) is 3.06. The number of nitrogens with one attached hydrogen (secondary N) is 5. The molecule has 0 aliphatic rings. The molecule has 39 N–H and O–H groups in total. The minimum absolute atomic E-state index is 0.0123. The highest BCUT2D eigenvalue weighted by molar-refractivity contribution is 7.80. The number of ether oxygens (including phenoxy) is 1. The molecule has 0 saturated heterocycles. The number of thiol groups is 1. The van der Waals surface area contributed by atoms with Gasteiger partial charge in [-0.3, -0.25) is 97.5 Å². The first-order chi connectivity index (χ1) is 54.9. The van der Waals surface area contributed by atoms with Crippen LogP contribution in [-0.2, 0) is 63.9 Å². The molecule has 0 aliphatic carbocycles. The number of hydrogen-bond acceptors (Lipinski definition) is 22. The highest BCUT2D eigenvalue weighted by Gasteiger charge is 2.37. The molecule has 0 spiro atoms. The van der Waals surface area contributed by atoms with E-state index in [0.717, 1.165) is 0 Å². The Morgan fingerprint density at radius 2 is 0.586 bits per heavy atom. The van der Waals surface area contributed by atoms with Gasteiger partial charge in [0, 0.05) is 126 Å². The standard InChI is InChI=1S/C72H128N30O13S/c1-3-32-115-39-59(109)98-53(33-42-20-22-43(23-21-42)41(2)103)58(108)37-47(15-7-27-93-68(80)81)64(114)101-51(18-10-30-96-71(86)87)56(106)35-45(13-5-25-91-66(76)77)62(112)99-49(16-8-28-94-69(82)83)54(104)34-44(12-4-24-90-65(74)75)61(111)100-50(17-9-29-95-70(84)85)55(105)36-46(14-6-26-92-67(78)79)63(113)102-52(19-11-31-97-72(88)89)57(107)38-48(40-116)60(73)110/h20-23,44-53,116H,3-19,24-40H2,1-2H3,(H2,73,110)(H,98,109)(H,99,112)(H,100,111)(H,101,114)(H,102,113)(H4,74,75,90)(H4,76,77,91)(H4,78,79,92)(H4,80,81,93)(H4,82,83,94)(H4,84,85,95)(H4,86,87,96)(H4,88,89,97)/t44-,45-,46-,47-,48+,49+,50+,51+,52+,53-/m0/s1. The molecule has 0 aliphatic heterocycles. The van der Waals surface area contributed by atoms with E-state index < -0.39 is 156 Å². The summed E-state index contributed by atoms with van der Waals surface area (Å²) in [5.41, 5.74) is 96.8. The fourth-order valence-electron chi connectivity index (χ4n) is 12.0. The van der Waals surface area contributed by atoms with Gasteiger partial charge in [-0.25, -0.2) is 0 Å². The molecular weight excluding hydrogens is 1530 g/mol. The summed E-state index contributed by atoms with van der Waals surface area (Å²) in [6.07, 6.45) is -1.92. The van der Waals surface area contributed by atoms with Crippen molar-refractivity contribution in [1.82, 2.24) is 26.6 Å². The maximum absolute atomic E-state index is 15.2. The smallest absolute Gasteiger partial charge is 0.246 e. The van der Waals surface area contributed by atoms with Crippen LogP contribution in [0.25, 0.3) is 0 Å². The van der Waals surface area contributed by atoms with Gasteiger partial charge in [0.1, 0.15) is 6.61 Å². The second-order valence-electron chi connectivity index (χ2n) is 27.9. The van der Waals surface area contributed by atoms with Crippen LogP contribution in [0.5, 0.6) is 0 Å². The molecule has 0 saturated carbocycles. The van der Waals surface area contributed by atoms with Crippen molar-refractivity contribution >= 4 is 130 Å². The van der Waals surface area contributed by atoms with E-state index in [1.165, 1.54) is 6.92 Å². The number of carbonyl (C=O) groups excluding carboxylic acids is 12. The Hall–Kier alpha value is -11.5. The summed E-state index contributed by atoms with van der Waals surface area (Å²) >= 11 is 4.18. The van der Waals surface area contributed by atoms with Crippen LogP contribution in [0.15, 0.2) is 64.2 Å². The van der Waals surface area contributed by atoms with Crippen LogP contribution in [0.4, 0.5) is 0 Å². The van der Waals surface area contributed by atoms with E-state index in [1.807, 2.05) is 6.92 Å². The number of ketones is 6. The third-order valence-corrected chi connectivity index (χ3v) is 18.5. The number of nitrogens with zero attached hydrogens (tertiary/aromatic N) is 8. The molecular formula is C72H128N30O13S. The quantitative estimate of drug-likeness (QED) is 0.00949. The van der Waals surface area contributed by atoms with Gasteiger partial charge in [0.25, 0.3) is 0 Å². The largest absolute Gasteiger partial charge is 0.372 e. The van der Waals surface area contributed by atoms with Crippen LogP contribution >= 0.6 is 12.6 Å². The van der Waals surface area contributed by atoms with Gasteiger partial charge in [-0.2, -0.15) is 12.6 Å². The Balaban J connectivity index is 4.17. The van der Waals surface area contributed by atoms with Crippen molar-refractivity contribution in [2.24, 2.45) is 167 Å². The molecule has 1 aromatic carbocycles. The number of benzene rings is 1. The first-order valence-electron chi connectivity index (χ1n) is 38.5. The Bertz CT molecular complexity index is 3560. The van der Waals surface area contributed by atoms with Gasteiger partial charge < -0.3 is 129 Å². The average molecular weight is 1650 g/mol. The van der Waals surface area contributed by atoms with Crippen LogP contribution in [0.1, 0.15) is 171 Å². The van der Waals surface area contributed by atoms with Gasteiger partial charge in [0.05, 0.1) is 36.1 Å². The fourth-order valence-corrected chi connectivity index (χ4v) is 12.3. The van der Waals surface area contributed by atoms with E-state index in [1.54, 1.807) is 24.3 Å². The lowest BCUT2D eigenvalue weighted by atomic mass is 9.88. The van der Waals surface area contributed by atoms with Crippen molar-refractivity contribution in [2.75, 3.05) is 71.3 Å². The number of amides is 6. The van der Waals surface area contributed by atoms with E-state index in [-0.39, 0.29) is 234 Å². The summed E-state index contributed by atoms with van der Waals surface area (Å²) in [6, 6.07) is -0.264. The van der Waals surface area contributed by atoms with Crippen LogP contribution in [-0.4, -0.2) is 219 Å². The second-order valence-corrected chi connectivity index (χ2v) is 28.3. The van der Waals surface area contributed by atoms with Crippen molar-refractivity contribution in [1.29, 1.82) is 0 Å². The van der Waals surface area contributed by atoms with Crippen molar-refractivity contribution in [3.05, 3.63) is 35.4 Å². The monoisotopic (exact) mass is 1650 g/mol. The molecule has 6 amide bonds. The molecule has 0 fully saturated rings. The third kappa shape index (κ3) is 47.3.